The minimum Gasteiger partial charge on any atom is -0.478 e. The second-order valence-electron chi connectivity index (χ2n) is 7.02. The lowest BCUT2D eigenvalue weighted by Gasteiger charge is -2.56. The van der Waals surface area contributed by atoms with E-state index in [0.29, 0.717) is 5.41 Å². The molecule has 19 heavy (non-hydrogen) atoms. The Morgan fingerprint density at radius 3 is 2.05 bits per heavy atom. The summed E-state index contributed by atoms with van der Waals surface area (Å²) >= 11 is 0. The Morgan fingerprint density at radius 2 is 1.63 bits per heavy atom. The molecule has 4 fully saturated rings. The van der Waals surface area contributed by atoms with Crippen LogP contribution < -0.4 is 0 Å². The van der Waals surface area contributed by atoms with Crippen LogP contribution in [0.1, 0.15) is 51.9 Å². The summed E-state index contributed by atoms with van der Waals surface area (Å²) < 4.78 is 0. The number of carboxylic acids is 1. The van der Waals surface area contributed by atoms with E-state index in [2.05, 4.69) is 13.0 Å². The highest BCUT2D eigenvalue weighted by Gasteiger charge is 2.49. The van der Waals surface area contributed by atoms with Crippen molar-refractivity contribution >= 4 is 5.97 Å². The molecule has 4 aliphatic carbocycles. The molecule has 0 radical (unpaired) electrons. The number of hydrogen-bond donors (Lipinski definition) is 1. The van der Waals surface area contributed by atoms with E-state index in [-0.39, 0.29) is 0 Å². The number of carboxylic acid groups (broad SMARTS) is 1. The third-order valence-electron chi connectivity index (χ3n) is 5.43. The first kappa shape index (κ1) is 13.0. The second-order valence-corrected chi connectivity index (χ2v) is 7.02. The summed E-state index contributed by atoms with van der Waals surface area (Å²) in [5, 5.41) is 8.77. The summed E-state index contributed by atoms with van der Waals surface area (Å²) in [5.74, 6) is 2.00. The first-order valence-corrected chi connectivity index (χ1v) is 7.71. The number of rotatable bonds is 4. The number of carbonyl (C=O) groups is 1. The zero-order chi connectivity index (χ0) is 13.5. The molecule has 0 aliphatic heterocycles. The summed E-state index contributed by atoms with van der Waals surface area (Å²) in [6.45, 7) is 2.12. The lowest BCUT2D eigenvalue weighted by Crippen LogP contribution is -2.45. The summed E-state index contributed by atoms with van der Waals surface area (Å²) in [6, 6.07) is 0. The zero-order valence-electron chi connectivity index (χ0n) is 11.8. The molecular formula is C17H24O2. The Bertz CT molecular complexity index is 395. The summed E-state index contributed by atoms with van der Waals surface area (Å²) in [5.41, 5.74) is 1.62. The van der Waals surface area contributed by atoms with Crippen LogP contribution in [0.2, 0.25) is 0 Å². The van der Waals surface area contributed by atoms with E-state index in [4.69, 9.17) is 5.11 Å². The highest BCUT2D eigenvalue weighted by Crippen LogP contribution is 2.60. The quantitative estimate of drug-likeness (QED) is 0.608. The van der Waals surface area contributed by atoms with Crippen molar-refractivity contribution in [2.45, 2.75) is 51.9 Å². The van der Waals surface area contributed by atoms with E-state index in [1.54, 1.807) is 6.08 Å². The molecule has 2 nitrogen and oxygen atoms in total. The van der Waals surface area contributed by atoms with Crippen LogP contribution in [0.25, 0.3) is 0 Å². The molecule has 0 spiro atoms. The average molecular weight is 260 g/mol. The fourth-order valence-electron chi connectivity index (χ4n) is 5.19. The molecule has 0 atom stereocenters. The van der Waals surface area contributed by atoms with E-state index in [1.807, 2.05) is 0 Å². The molecule has 4 aliphatic rings. The van der Waals surface area contributed by atoms with E-state index >= 15 is 0 Å². The van der Waals surface area contributed by atoms with Crippen LogP contribution in [0.4, 0.5) is 0 Å². The average Bonchev–Trinajstić information content (AvgIpc) is 2.32. The molecule has 0 unspecified atom stereocenters. The van der Waals surface area contributed by atoms with Crippen LogP contribution in [0, 0.1) is 23.2 Å². The summed E-state index contributed by atoms with van der Waals surface area (Å²) in [7, 11) is 0. The lowest BCUT2D eigenvalue weighted by molar-refractivity contribution is -0.131. The van der Waals surface area contributed by atoms with Gasteiger partial charge in [0.25, 0.3) is 0 Å². The van der Waals surface area contributed by atoms with Crippen LogP contribution in [0.3, 0.4) is 0 Å². The Labute approximate surface area is 115 Å². The van der Waals surface area contributed by atoms with Crippen LogP contribution >= 0.6 is 0 Å². The first-order valence-electron chi connectivity index (χ1n) is 7.71. The van der Waals surface area contributed by atoms with Crippen molar-refractivity contribution in [2.24, 2.45) is 23.2 Å². The zero-order valence-corrected chi connectivity index (χ0v) is 11.8. The van der Waals surface area contributed by atoms with E-state index in [1.165, 1.54) is 50.2 Å². The molecule has 4 bridgehead atoms. The Morgan fingerprint density at radius 1 is 1.11 bits per heavy atom. The summed E-state index contributed by atoms with van der Waals surface area (Å²) in [6.07, 6.45) is 14.9. The molecule has 0 aromatic carbocycles. The number of aliphatic carboxylic acids is 1. The van der Waals surface area contributed by atoms with Crippen molar-refractivity contribution in [3.05, 3.63) is 23.8 Å². The van der Waals surface area contributed by atoms with Gasteiger partial charge in [-0.25, -0.2) is 4.79 Å². The van der Waals surface area contributed by atoms with Gasteiger partial charge in [-0.1, -0.05) is 24.6 Å². The van der Waals surface area contributed by atoms with Gasteiger partial charge in [0.1, 0.15) is 0 Å². The number of allylic oxidation sites excluding steroid dienone is 3. The van der Waals surface area contributed by atoms with Gasteiger partial charge in [0, 0.05) is 6.08 Å². The molecule has 4 rings (SSSR count). The maximum atomic E-state index is 10.7. The molecule has 2 heteroatoms. The topological polar surface area (TPSA) is 37.3 Å². The van der Waals surface area contributed by atoms with Gasteiger partial charge < -0.3 is 5.11 Å². The molecule has 0 amide bonds. The second kappa shape index (κ2) is 4.81. The van der Waals surface area contributed by atoms with Gasteiger partial charge in [0.05, 0.1) is 0 Å². The van der Waals surface area contributed by atoms with Crippen LogP contribution in [0.5, 0.6) is 0 Å². The van der Waals surface area contributed by atoms with Gasteiger partial charge in [-0.3, -0.25) is 0 Å². The maximum absolute atomic E-state index is 10.7. The predicted molar refractivity (Wildman–Crippen MR) is 75.8 cm³/mol. The highest BCUT2D eigenvalue weighted by atomic mass is 16.4. The smallest absolute Gasteiger partial charge is 0.328 e. The molecular weight excluding hydrogens is 236 g/mol. The van der Waals surface area contributed by atoms with Gasteiger partial charge in [-0.15, -0.1) is 0 Å². The predicted octanol–water partition coefficient (Wildman–Crippen LogP) is 4.18. The molecule has 1 N–H and O–H groups in total. The normalized spacial score (nSPS) is 41.1. The fourth-order valence-corrected chi connectivity index (χ4v) is 5.19. The number of hydrogen-bond acceptors (Lipinski definition) is 1. The molecule has 4 saturated carbocycles. The minimum absolute atomic E-state index is 0.406. The van der Waals surface area contributed by atoms with Gasteiger partial charge in [-0.2, -0.15) is 0 Å². The maximum Gasteiger partial charge on any atom is 0.328 e. The van der Waals surface area contributed by atoms with Gasteiger partial charge in [-0.05, 0) is 68.1 Å². The van der Waals surface area contributed by atoms with Gasteiger partial charge in [0.15, 0.2) is 0 Å². The van der Waals surface area contributed by atoms with Gasteiger partial charge >= 0.3 is 5.97 Å². The van der Waals surface area contributed by atoms with Crippen molar-refractivity contribution in [3.8, 4) is 0 Å². The molecule has 0 aromatic heterocycles. The molecule has 0 saturated heterocycles. The lowest BCUT2D eigenvalue weighted by atomic mass is 9.49. The molecule has 0 aromatic rings. The third-order valence-corrected chi connectivity index (χ3v) is 5.43. The monoisotopic (exact) mass is 260 g/mol. The van der Waals surface area contributed by atoms with E-state index in [0.717, 1.165) is 24.2 Å². The van der Waals surface area contributed by atoms with Crippen LogP contribution in [0.15, 0.2) is 23.8 Å². The minimum atomic E-state index is -0.843. The van der Waals surface area contributed by atoms with Gasteiger partial charge in [0.2, 0.25) is 0 Å². The van der Waals surface area contributed by atoms with Crippen LogP contribution in [-0.2, 0) is 4.79 Å². The third kappa shape index (κ3) is 2.63. The van der Waals surface area contributed by atoms with Crippen molar-refractivity contribution < 1.29 is 9.90 Å². The van der Waals surface area contributed by atoms with Crippen molar-refractivity contribution in [1.82, 2.24) is 0 Å². The fraction of sp³-hybridized carbons (Fsp3) is 0.706. The van der Waals surface area contributed by atoms with Crippen molar-refractivity contribution in [2.75, 3.05) is 0 Å². The van der Waals surface area contributed by atoms with E-state index in [9.17, 15) is 4.79 Å². The Kier molecular flexibility index (Phi) is 3.28. The van der Waals surface area contributed by atoms with Crippen molar-refractivity contribution in [1.29, 1.82) is 0 Å². The molecule has 0 heterocycles. The van der Waals surface area contributed by atoms with E-state index < -0.39 is 5.97 Å². The first-order chi connectivity index (χ1) is 9.08. The Balaban J connectivity index is 1.82. The molecule has 104 valence electrons. The summed E-state index contributed by atoms with van der Waals surface area (Å²) in [4.78, 5) is 10.7. The van der Waals surface area contributed by atoms with Crippen molar-refractivity contribution in [3.63, 3.8) is 0 Å². The SMILES string of the molecule is CCC(/C=C/C(=O)O)=C\C12CC3CC(CC(C3)C1)C2. The Hall–Kier alpha value is -1.05. The standard InChI is InChI=1S/C17H24O2/c1-2-12(3-4-16(18)19)8-17-9-13-5-14(10-17)7-15(6-13)11-17/h3-4,8,13-15H,2,5-7,9-11H2,1H3,(H,18,19)/b4-3+,12-8+. The highest BCUT2D eigenvalue weighted by molar-refractivity contribution is 5.80. The largest absolute Gasteiger partial charge is 0.478 e. The van der Waals surface area contributed by atoms with Crippen LogP contribution in [-0.4, -0.2) is 11.1 Å².